The Labute approximate surface area is 107 Å². The van der Waals surface area contributed by atoms with Crippen LogP contribution in [0.1, 0.15) is 25.7 Å². The van der Waals surface area contributed by atoms with Crippen molar-refractivity contribution in [2.24, 2.45) is 0 Å². The second kappa shape index (κ2) is 6.87. The van der Waals surface area contributed by atoms with Gasteiger partial charge in [-0.25, -0.2) is 0 Å². The second-order valence-corrected chi connectivity index (χ2v) is 5.48. The molecule has 0 spiro atoms. The molecule has 0 bridgehead atoms. The summed E-state index contributed by atoms with van der Waals surface area (Å²) < 4.78 is 4.66. The number of hydrogen-bond donors (Lipinski definition) is 0. The van der Waals surface area contributed by atoms with E-state index in [2.05, 4.69) is 6.07 Å². The molecule has 0 unspecified atom stereocenters. The third-order valence-corrected chi connectivity index (χ3v) is 4.54. The minimum Gasteiger partial charge on any atom is -0.385 e. The molecule has 0 aromatic carbocycles. The van der Waals surface area contributed by atoms with Crippen molar-refractivity contribution in [3.8, 4) is 6.07 Å². The quantitative estimate of drug-likeness (QED) is 0.702. The summed E-state index contributed by atoms with van der Waals surface area (Å²) in [7, 11) is 1.64. The Bertz CT molecular complexity index is 293. The summed E-state index contributed by atoms with van der Waals surface area (Å²) in [6, 6.07) is 2.38. The van der Waals surface area contributed by atoms with Crippen LogP contribution in [0.5, 0.6) is 0 Å². The lowest BCUT2D eigenvalue weighted by Crippen LogP contribution is -2.44. The number of amides is 1. The first-order chi connectivity index (χ1) is 8.17. The van der Waals surface area contributed by atoms with E-state index in [4.69, 9.17) is 10.00 Å². The Morgan fingerprint density at radius 3 is 2.65 bits per heavy atom. The van der Waals surface area contributed by atoms with Gasteiger partial charge in [0.1, 0.15) is 4.75 Å². The predicted octanol–water partition coefficient (Wildman–Crippen LogP) is 1.66. The summed E-state index contributed by atoms with van der Waals surface area (Å²) in [6.45, 7) is 2.05. The number of nitrogens with zero attached hydrogens (tertiary/aromatic N) is 2. The van der Waals surface area contributed by atoms with Gasteiger partial charge in [0, 0.05) is 33.2 Å². The molecule has 1 aliphatic heterocycles. The lowest BCUT2D eigenvalue weighted by molar-refractivity contribution is -0.132. The highest BCUT2D eigenvalue weighted by atomic mass is 32.2. The molecule has 0 aliphatic carbocycles. The van der Waals surface area contributed by atoms with Gasteiger partial charge in [-0.05, 0) is 25.5 Å². The van der Waals surface area contributed by atoms with Crippen molar-refractivity contribution in [2.45, 2.75) is 30.4 Å². The average Bonchev–Trinajstić information content (AvgIpc) is 2.39. The van der Waals surface area contributed by atoms with E-state index in [0.29, 0.717) is 26.1 Å². The standard InChI is InChI=1S/C12H20N2O2S/c1-16-9-3-4-11(15)14-7-5-12(10-13,17-2)6-8-14/h3-9H2,1-2H3. The molecule has 1 saturated heterocycles. The van der Waals surface area contributed by atoms with Gasteiger partial charge in [-0.3, -0.25) is 4.79 Å². The first kappa shape index (κ1) is 14.3. The molecule has 0 saturated carbocycles. The number of piperidine rings is 1. The lowest BCUT2D eigenvalue weighted by atomic mass is 9.97. The Balaban J connectivity index is 2.36. The van der Waals surface area contributed by atoms with Crippen LogP contribution in [0.4, 0.5) is 0 Å². The number of likely N-dealkylation sites (tertiary alicyclic amines) is 1. The van der Waals surface area contributed by atoms with Crippen LogP contribution < -0.4 is 0 Å². The molecule has 1 rings (SSSR count). The molecule has 0 atom stereocenters. The zero-order valence-corrected chi connectivity index (χ0v) is 11.4. The number of hydrogen-bond acceptors (Lipinski definition) is 4. The highest BCUT2D eigenvalue weighted by Crippen LogP contribution is 2.33. The van der Waals surface area contributed by atoms with E-state index in [-0.39, 0.29) is 10.7 Å². The van der Waals surface area contributed by atoms with Crippen molar-refractivity contribution < 1.29 is 9.53 Å². The SMILES string of the molecule is COCCCC(=O)N1CCC(C#N)(SC)CC1. The van der Waals surface area contributed by atoms with E-state index in [0.717, 1.165) is 19.3 Å². The van der Waals surface area contributed by atoms with E-state index >= 15 is 0 Å². The predicted molar refractivity (Wildman–Crippen MR) is 68.8 cm³/mol. The fraction of sp³-hybridized carbons (Fsp3) is 0.833. The number of carbonyl (C=O) groups excluding carboxylic acids is 1. The first-order valence-electron chi connectivity index (χ1n) is 5.90. The zero-order valence-electron chi connectivity index (χ0n) is 10.6. The van der Waals surface area contributed by atoms with Gasteiger partial charge in [0.05, 0.1) is 6.07 Å². The topological polar surface area (TPSA) is 53.3 Å². The average molecular weight is 256 g/mol. The molecule has 1 amide bonds. The molecular weight excluding hydrogens is 236 g/mol. The van der Waals surface area contributed by atoms with Gasteiger partial charge in [-0.1, -0.05) is 0 Å². The van der Waals surface area contributed by atoms with Gasteiger partial charge in [-0.15, -0.1) is 11.8 Å². The van der Waals surface area contributed by atoms with Gasteiger partial charge in [0.15, 0.2) is 0 Å². The normalized spacial score (nSPS) is 18.8. The highest BCUT2D eigenvalue weighted by Gasteiger charge is 2.35. The highest BCUT2D eigenvalue weighted by molar-refractivity contribution is 8.00. The maximum atomic E-state index is 11.8. The van der Waals surface area contributed by atoms with Gasteiger partial charge >= 0.3 is 0 Å². The van der Waals surface area contributed by atoms with Crippen LogP contribution >= 0.6 is 11.8 Å². The van der Waals surface area contributed by atoms with Crippen LogP contribution in [-0.2, 0) is 9.53 Å². The van der Waals surface area contributed by atoms with E-state index in [1.165, 1.54) is 0 Å². The van der Waals surface area contributed by atoms with Crippen LogP contribution in [0.3, 0.4) is 0 Å². The first-order valence-corrected chi connectivity index (χ1v) is 7.13. The van der Waals surface area contributed by atoms with Crippen molar-refractivity contribution in [2.75, 3.05) is 33.1 Å². The molecule has 5 heteroatoms. The Kier molecular flexibility index (Phi) is 5.79. The van der Waals surface area contributed by atoms with Crippen LogP contribution in [-0.4, -0.2) is 48.6 Å². The molecule has 96 valence electrons. The van der Waals surface area contributed by atoms with E-state index in [1.807, 2.05) is 11.2 Å². The number of ether oxygens (including phenoxy) is 1. The minimum absolute atomic E-state index is 0.190. The maximum absolute atomic E-state index is 11.8. The third kappa shape index (κ3) is 3.90. The Morgan fingerprint density at radius 2 is 2.18 bits per heavy atom. The van der Waals surface area contributed by atoms with Crippen molar-refractivity contribution >= 4 is 17.7 Å². The van der Waals surface area contributed by atoms with Gasteiger partial charge in [0.25, 0.3) is 0 Å². The molecule has 0 aromatic heterocycles. The summed E-state index contributed by atoms with van der Waals surface area (Å²) in [5.74, 6) is 0.190. The summed E-state index contributed by atoms with van der Waals surface area (Å²) >= 11 is 1.61. The van der Waals surface area contributed by atoms with Crippen molar-refractivity contribution in [1.82, 2.24) is 4.90 Å². The van der Waals surface area contributed by atoms with Gasteiger partial charge < -0.3 is 9.64 Å². The summed E-state index contributed by atoms with van der Waals surface area (Å²) in [4.78, 5) is 13.7. The molecule has 0 N–H and O–H groups in total. The number of nitriles is 1. The third-order valence-electron chi connectivity index (χ3n) is 3.26. The molecule has 4 nitrogen and oxygen atoms in total. The fourth-order valence-corrected chi connectivity index (χ4v) is 2.69. The number of thioether (sulfide) groups is 1. The van der Waals surface area contributed by atoms with Crippen molar-refractivity contribution in [3.63, 3.8) is 0 Å². The number of carbonyl (C=O) groups is 1. The Morgan fingerprint density at radius 1 is 1.53 bits per heavy atom. The summed E-state index contributed by atoms with van der Waals surface area (Å²) in [5, 5.41) is 9.15. The van der Waals surface area contributed by atoms with E-state index in [1.54, 1.807) is 18.9 Å². The largest absolute Gasteiger partial charge is 0.385 e. The molecule has 0 radical (unpaired) electrons. The Hall–Kier alpha value is -0.730. The van der Waals surface area contributed by atoms with Crippen LogP contribution in [0.2, 0.25) is 0 Å². The van der Waals surface area contributed by atoms with Crippen LogP contribution in [0, 0.1) is 11.3 Å². The van der Waals surface area contributed by atoms with Crippen molar-refractivity contribution in [3.05, 3.63) is 0 Å². The molecule has 17 heavy (non-hydrogen) atoms. The van der Waals surface area contributed by atoms with Gasteiger partial charge in [0.2, 0.25) is 5.91 Å². The van der Waals surface area contributed by atoms with E-state index in [9.17, 15) is 4.79 Å². The maximum Gasteiger partial charge on any atom is 0.222 e. The molecule has 1 aliphatic rings. The summed E-state index contributed by atoms with van der Waals surface area (Å²) in [5.41, 5.74) is 0. The molecule has 0 aromatic rings. The summed E-state index contributed by atoms with van der Waals surface area (Å²) in [6.07, 6.45) is 4.85. The number of methoxy groups -OCH3 is 1. The fourth-order valence-electron chi connectivity index (χ4n) is 2.00. The van der Waals surface area contributed by atoms with Crippen LogP contribution in [0.15, 0.2) is 0 Å². The number of rotatable bonds is 5. The van der Waals surface area contributed by atoms with Crippen LogP contribution in [0.25, 0.3) is 0 Å². The van der Waals surface area contributed by atoms with E-state index < -0.39 is 0 Å². The second-order valence-electron chi connectivity index (χ2n) is 4.29. The zero-order chi connectivity index (χ0) is 12.7. The molecular formula is C12H20N2O2S. The van der Waals surface area contributed by atoms with Crippen molar-refractivity contribution in [1.29, 1.82) is 5.26 Å². The minimum atomic E-state index is -0.274. The lowest BCUT2D eigenvalue weighted by Gasteiger charge is -2.36. The van der Waals surface area contributed by atoms with Gasteiger partial charge in [-0.2, -0.15) is 5.26 Å². The monoisotopic (exact) mass is 256 g/mol. The smallest absolute Gasteiger partial charge is 0.222 e. The molecule has 1 fully saturated rings. The molecule has 1 heterocycles.